The Morgan fingerprint density at radius 3 is 1.99 bits per heavy atom. The number of furan rings is 1. The van der Waals surface area contributed by atoms with Gasteiger partial charge in [-0.15, -0.1) is 0 Å². The first-order chi connectivity index (χ1) is 45.9. The van der Waals surface area contributed by atoms with E-state index in [1.54, 1.807) is 23.3 Å². The topological polar surface area (TPSA) is 227 Å². The molecule has 4 heterocycles. The molecule has 18 nitrogen and oxygen atoms in total. The number of hydrogen-bond acceptors (Lipinski definition) is 15. The van der Waals surface area contributed by atoms with Gasteiger partial charge in [0.05, 0.1) is 46.8 Å². The average molecular weight is 1290 g/mol. The van der Waals surface area contributed by atoms with E-state index in [-0.39, 0.29) is 43.6 Å². The molecule has 2 unspecified atom stereocenters. The highest BCUT2D eigenvalue weighted by Crippen LogP contribution is 2.34. The number of para-hydroxylation sites is 3. The molecule has 0 spiro atoms. The van der Waals surface area contributed by atoms with Gasteiger partial charge in [-0.25, -0.2) is 14.8 Å². The second-order valence-electron chi connectivity index (χ2n) is 23.2. The van der Waals surface area contributed by atoms with Crippen molar-refractivity contribution in [1.82, 2.24) is 14.9 Å². The second kappa shape index (κ2) is 40.7. The summed E-state index contributed by atoms with van der Waals surface area (Å²) >= 11 is 0. The van der Waals surface area contributed by atoms with Crippen LogP contribution in [0.4, 0.5) is 39.9 Å². The summed E-state index contributed by atoms with van der Waals surface area (Å²) in [5.74, 6) is 1.12. The van der Waals surface area contributed by atoms with Gasteiger partial charge in [0, 0.05) is 55.4 Å². The van der Waals surface area contributed by atoms with Gasteiger partial charge >= 0.3 is 11.8 Å². The van der Waals surface area contributed by atoms with Crippen molar-refractivity contribution in [3.8, 4) is 0 Å². The lowest BCUT2D eigenvalue weighted by Crippen LogP contribution is -2.45. The molecule has 2 atom stereocenters. The van der Waals surface area contributed by atoms with Crippen LogP contribution < -0.4 is 36.9 Å². The number of carbonyl (C=O) groups excluding carboxylic acids is 5. The maximum atomic E-state index is 13.7. The minimum atomic E-state index is -0.427. The molecule has 95 heavy (non-hydrogen) atoms. The number of aromatic nitrogens is 2. The number of nitrogens with one attached hydrogen (secondary N) is 5. The van der Waals surface area contributed by atoms with E-state index in [1.165, 1.54) is 73.7 Å². The smallest absolute Gasteiger partial charge is 0.373 e. The molecule has 3 amide bonds. The number of anilines is 6. The van der Waals surface area contributed by atoms with E-state index in [0.717, 1.165) is 110 Å². The predicted molar refractivity (Wildman–Crippen MR) is 385 cm³/mol. The number of fused-ring (bicyclic) bond motifs is 2. The Bertz CT molecular complexity index is 3740. The summed E-state index contributed by atoms with van der Waals surface area (Å²) in [6.45, 7) is 9.83. The van der Waals surface area contributed by atoms with Crippen LogP contribution in [0, 0.1) is 6.92 Å². The number of unbranched alkanes of at least 4 members (excludes halogenated alkanes) is 10. The lowest BCUT2D eigenvalue weighted by atomic mass is 10.1. The van der Waals surface area contributed by atoms with Crippen LogP contribution in [0.3, 0.4) is 0 Å². The first-order valence-corrected chi connectivity index (χ1v) is 33.1. The predicted octanol–water partition coefficient (Wildman–Crippen LogP) is 16.9. The van der Waals surface area contributed by atoms with E-state index in [4.69, 9.17) is 19.0 Å². The van der Waals surface area contributed by atoms with Crippen molar-refractivity contribution in [2.45, 2.75) is 157 Å². The van der Waals surface area contributed by atoms with Gasteiger partial charge in [0.2, 0.25) is 0 Å². The third-order valence-corrected chi connectivity index (χ3v) is 16.0. The van der Waals surface area contributed by atoms with Gasteiger partial charge in [-0.3, -0.25) is 34.6 Å². The van der Waals surface area contributed by atoms with E-state index < -0.39 is 5.69 Å². The van der Waals surface area contributed by atoms with Crippen molar-refractivity contribution < 1.29 is 28.4 Å². The van der Waals surface area contributed by atoms with Crippen LogP contribution in [-0.4, -0.2) is 83.1 Å². The number of carbonyl (C=O) groups is 3. The summed E-state index contributed by atoms with van der Waals surface area (Å²) < 4.78 is 5.34. The quantitative estimate of drug-likeness (QED) is 0.00870. The van der Waals surface area contributed by atoms with Gasteiger partial charge in [0.15, 0.2) is 0 Å². The van der Waals surface area contributed by atoms with Crippen LogP contribution >= 0.6 is 0 Å². The van der Waals surface area contributed by atoms with Gasteiger partial charge < -0.3 is 25.3 Å². The number of aromatic amines is 1. The Labute approximate surface area is 560 Å². The molecule has 8 aromatic rings. The molecule has 500 valence electrons. The van der Waals surface area contributed by atoms with Gasteiger partial charge in [0.25, 0.3) is 17.7 Å². The van der Waals surface area contributed by atoms with Crippen LogP contribution in [0.5, 0.6) is 0 Å². The van der Waals surface area contributed by atoms with Gasteiger partial charge in [-0.1, -0.05) is 171 Å². The van der Waals surface area contributed by atoms with Crippen molar-refractivity contribution in [1.29, 1.82) is 0 Å². The van der Waals surface area contributed by atoms with E-state index >= 15 is 0 Å². The number of imide groups is 1. The molecule has 6 aromatic carbocycles. The zero-order chi connectivity index (χ0) is 66.7. The minimum Gasteiger partial charge on any atom is -0.469 e. The highest BCUT2D eigenvalue weighted by atomic mass is 16.3. The Balaban J connectivity index is 0.000000222. The highest BCUT2D eigenvalue weighted by molar-refractivity contribution is 6.55. The summed E-state index contributed by atoms with van der Waals surface area (Å²) in [6, 6.07) is 55.5. The third kappa shape index (κ3) is 23.4. The van der Waals surface area contributed by atoms with Crippen molar-refractivity contribution in [2.24, 2.45) is 10.1 Å². The first kappa shape index (κ1) is 73.9. The number of nitrogens with zero attached hydrogens (tertiary/aromatic N) is 6. The molecule has 0 radical (unpaired) electrons. The van der Waals surface area contributed by atoms with Crippen LogP contribution in [-0.2, 0) is 20.8 Å². The number of aryl methyl sites for hydroxylation is 2. The lowest BCUT2D eigenvalue weighted by molar-refractivity contribution is -0.191. The molecule has 0 fully saturated rings. The fourth-order valence-corrected chi connectivity index (χ4v) is 11.2. The molecule has 2 aromatic heterocycles. The standard InChI is InChI=1S/C28H33N5O2.C25H30N4.C22H28N2O3.CO2.CH4/c1-2-3-4-5-6-7-11-18-25(31-24-19-20-29-28(35)32-24)33-23-17-13-12-16-22(23)26(27(33)34)30-21-14-9-8-10-15-21;1-4-9-25(27-22-11-6-5-7-12-22)29(3)24-16-14-21(15-17-24)19-26-28-23-13-8-10-20(2)18-23;1-2-14-24-21(25)19-12-11-17(16-20(19)22(24)26)23-13-7-5-3-4-6-9-18-10-8-15-27-18;2-1-3;/h8-10,12-17,19-20,25H,2-7,11,18H2,1H3,(H2,29,31,32,35);5-8,10-19,25,27-28H,4,9H2,1-3H3;8,10-12,15-16,23H,2-7,9,13-14H2,1H3;;1H4/b;26-19+;;;. The van der Waals surface area contributed by atoms with Gasteiger partial charge in [-0.05, 0) is 148 Å². The van der Waals surface area contributed by atoms with Crippen molar-refractivity contribution in [2.75, 3.05) is 51.3 Å². The summed E-state index contributed by atoms with van der Waals surface area (Å²) in [4.78, 5) is 83.0. The highest BCUT2D eigenvalue weighted by Gasteiger charge is 2.38. The largest absolute Gasteiger partial charge is 0.469 e. The summed E-state index contributed by atoms with van der Waals surface area (Å²) in [5.41, 5.74) is 13.0. The summed E-state index contributed by atoms with van der Waals surface area (Å²) in [6.07, 6.45) is 24.1. The monoisotopic (exact) mass is 1290 g/mol. The van der Waals surface area contributed by atoms with Gasteiger partial charge in [0.1, 0.15) is 23.5 Å². The van der Waals surface area contributed by atoms with Crippen LogP contribution in [0.2, 0.25) is 0 Å². The van der Waals surface area contributed by atoms with Gasteiger partial charge in [-0.2, -0.15) is 14.7 Å². The summed E-state index contributed by atoms with van der Waals surface area (Å²) in [7, 11) is 2.14. The van der Waals surface area contributed by atoms with Crippen molar-refractivity contribution in [3.05, 3.63) is 226 Å². The maximum absolute atomic E-state index is 13.7. The molecule has 2 aliphatic heterocycles. The fourth-order valence-electron chi connectivity index (χ4n) is 11.2. The molecule has 2 aliphatic rings. The molecular weight excluding hydrogens is 1190 g/mol. The Morgan fingerprint density at radius 1 is 0.621 bits per heavy atom. The average Bonchev–Trinajstić information content (AvgIpc) is 1.62. The Hall–Kier alpha value is -10.2. The molecule has 0 bridgehead atoms. The second-order valence-corrected chi connectivity index (χ2v) is 23.2. The molecule has 0 saturated heterocycles. The molecular formula is C77H95N11O7. The van der Waals surface area contributed by atoms with Crippen LogP contribution in [0.15, 0.2) is 202 Å². The molecule has 0 aliphatic carbocycles. The van der Waals surface area contributed by atoms with Crippen molar-refractivity contribution in [3.63, 3.8) is 0 Å². The number of H-pyrrole nitrogens is 1. The number of rotatable bonds is 32. The van der Waals surface area contributed by atoms with E-state index in [9.17, 15) is 19.2 Å². The van der Waals surface area contributed by atoms with Crippen molar-refractivity contribution >= 4 is 75.7 Å². The molecule has 10 rings (SSSR count). The molecule has 18 heteroatoms. The molecule has 0 saturated carbocycles. The first-order valence-electron chi connectivity index (χ1n) is 33.1. The van der Waals surface area contributed by atoms with Crippen LogP contribution in [0.25, 0.3) is 0 Å². The zero-order valence-corrected chi connectivity index (χ0v) is 55.0. The lowest BCUT2D eigenvalue weighted by Gasteiger charge is -2.31. The maximum Gasteiger partial charge on any atom is 0.373 e. The number of hydrazone groups is 1. The van der Waals surface area contributed by atoms with E-state index in [1.807, 2.05) is 110 Å². The van der Waals surface area contributed by atoms with E-state index in [2.05, 4.69) is 130 Å². The normalized spacial score (nSPS) is 13.0. The van der Waals surface area contributed by atoms with E-state index in [0.29, 0.717) is 29.2 Å². The molecule has 5 N–H and O–H groups in total. The minimum absolute atomic E-state index is 0. The fraction of sp³-hybridized carbons (Fsp3) is 0.351. The number of aliphatic imine (C=N–C) groups is 1. The SMILES string of the molecule is C.CCCC(Nc1ccccc1)N(C)c1ccc(/C=N/Nc2cccc(C)c2)cc1.CCCCCCCCCC(Nc1ccnc(=O)[nH]1)N1C(=O)C(=Nc2ccccc2)c2ccccc21.CCCN1C(=O)c2ccc(NCCCCCCCc3ccco3)cc2C1=O.O=C=O. The third-order valence-electron chi connectivity index (χ3n) is 16.0. The van der Waals surface area contributed by atoms with Crippen LogP contribution in [0.1, 0.15) is 174 Å². The number of amides is 3. The summed E-state index contributed by atoms with van der Waals surface area (Å²) in [5, 5.41) is 14.7. The number of benzene rings is 6. The number of hydrogen-bond donors (Lipinski definition) is 5. The zero-order valence-electron chi connectivity index (χ0n) is 55.0. The Kier molecular flexibility index (Phi) is 31.7. The Morgan fingerprint density at radius 2 is 1.29 bits per heavy atom.